The predicted octanol–water partition coefficient (Wildman–Crippen LogP) is 4.97. The molecule has 0 heterocycles. The van der Waals surface area contributed by atoms with Gasteiger partial charge in [0.15, 0.2) is 0 Å². The number of hydrogen-bond donors (Lipinski definition) is 1. The Labute approximate surface area is 131 Å². The Morgan fingerprint density at radius 2 is 1.90 bits per heavy atom. The number of benzene rings is 2. The molecule has 0 aliphatic heterocycles. The highest BCUT2D eigenvalue weighted by molar-refractivity contribution is 9.10. The lowest BCUT2D eigenvalue weighted by Crippen LogP contribution is -2.01. The summed E-state index contributed by atoms with van der Waals surface area (Å²) in [6.07, 6.45) is 0.936. The summed E-state index contributed by atoms with van der Waals surface area (Å²) in [5.74, 6) is 1.06. The molecule has 2 aromatic rings. The first-order valence-electron chi connectivity index (χ1n) is 6.55. The third-order valence-electron chi connectivity index (χ3n) is 2.73. The van der Waals surface area contributed by atoms with Crippen LogP contribution in [-0.4, -0.2) is 11.5 Å². The number of non-ortho nitro benzene ring substituents is 1. The number of ether oxygens (including phenoxy) is 1. The maximum Gasteiger partial charge on any atom is 0.275 e. The van der Waals surface area contributed by atoms with Crippen molar-refractivity contribution < 1.29 is 9.66 Å². The molecule has 0 saturated heterocycles. The van der Waals surface area contributed by atoms with Gasteiger partial charge in [0.1, 0.15) is 11.5 Å². The largest absolute Gasteiger partial charge is 0.457 e. The maximum absolute atomic E-state index is 11.0. The Morgan fingerprint density at radius 3 is 2.52 bits per heavy atom. The van der Waals surface area contributed by atoms with Crippen LogP contribution in [0.3, 0.4) is 0 Å². The summed E-state index contributed by atoms with van der Waals surface area (Å²) < 4.78 is 6.62. The second-order valence-corrected chi connectivity index (χ2v) is 5.37. The van der Waals surface area contributed by atoms with E-state index in [-0.39, 0.29) is 5.69 Å². The summed E-state index contributed by atoms with van der Waals surface area (Å²) in [6, 6.07) is 12.0. The van der Waals surface area contributed by atoms with Gasteiger partial charge in [0.2, 0.25) is 0 Å². The lowest BCUT2D eigenvalue weighted by Gasteiger charge is -2.09. The van der Waals surface area contributed by atoms with Crippen LogP contribution < -0.4 is 10.1 Å². The first kappa shape index (κ1) is 15.3. The van der Waals surface area contributed by atoms with Crippen LogP contribution in [0.2, 0.25) is 0 Å². The highest BCUT2D eigenvalue weighted by Crippen LogP contribution is 2.30. The molecule has 0 radical (unpaired) electrons. The van der Waals surface area contributed by atoms with Crippen molar-refractivity contribution in [3.63, 3.8) is 0 Å². The van der Waals surface area contributed by atoms with Crippen LogP contribution in [0.5, 0.6) is 11.5 Å². The van der Waals surface area contributed by atoms with Gasteiger partial charge < -0.3 is 10.1 Å². The van der Waals surface area contributed by atoms with Gasteiger partial charge in [-0.15, -0.1) is 0 Å². The zero-order chi connectivity index (χ0) is 15.2. The van der Waals surface area contributed by atoms with E-state index in [4.69, 9.17) is 4.74 Å². The monoisotopic (exact) mass is 350 g/mol. The Kier molecular flexibility index (Phi) is 5.16. The molecular formula is C15H15BrN2O3. The van der Waals surface area contributed by atoms with E-state index in [0.717, 1.165) is 17.4 Å². The van der Waals surface area contributed by atoms with E-state index in [2.05, 4.69) is 21.2 Å². The number of nitro benzene ring substituents is 1. The molecule has 0 aromatic heterocycles. The zero-order valence-corrected chi connectivity index (χ0v) is 13.1. The summed E-state index contributed by atoms with van der Waals surface area (Å²) in [6.45, 7) is 2.78. The molecule has 0 aliphatic rings. The van der Waals surface area contributed by atoms with Crippen molar-refractivity contribution in [1.82, 2.24) is 0 Å². The quantitative estimate of drug-likeness (QED) is 0.589. The van der Waals surface area contributed by atoms with Crippen LogP contribution in [0, 0.1) is 10.1 Å². The molecule has 2 rings (SSSR count). The summed E-state index contributed by atoms with van der Waals surface area (Å²) >= 11 is 3.35. The van der Waals surface area contributed by atoms with Crippen LogP contribution in [0.25, 0.3) is 0 Å². The maximum atomic E-state index is 11.0. The van der Waals surface area contributed by atoms with E-state index in [9.17, 15) is 10.1 Å². The van der Waals surface area contributed by atoms with Gasteiger partial charge in [-0.1, -0.05) is 22.9 Å². The van der Waals surface area contributed by atoms with Gasteiger partial charge in [-0.2, -0.15) is 0 Å². The summed E-state index contributed by atoms with van der Waals surface area (Å²) in [5.41, 5.74) is 0.682. The SMILES string of the molecule is CCCNc1cc(Oc2ccc(Br)cc2)cc([N+](=O)[O-])c1. The minimum atomic E-state index is -0.425. The molecule has 0 amide bonds. The lowest BCUT2D eigenvalue weighted by molar-refractivity contribution is -0.384. The zero-order valence-electron chi connectivity index (χ0n) is 11.5. The second-order valence-electron chi connectivity index (χ2n) is 4.46. The average molecular weight is 351 g/mol. The third-order valence-corrected chi connectivity index (χ3v) is 3.26. The lowest BCUT2D eigenvalue weighted by atomic mass is 10.2. The fourth-order valence-corrected chi connectivity index (χ4v) is 2.02. The molecule has 0 atom stereocenters. The fraction of sp³-hybridized carbons (Fsp3) is 0.200. The van der Waals surface area contributed by atoms with Crippen molar-refractivity contribution in [1.29, 1.82) is 0 Å². The first-order chi connectivity index (χ1) is 10.1. The van der Waals surface area contributed by atoms with Crippen LogP contribution in [0.15, 0.2) is 46.9 Å². The van der Waals surface area contributed by atoms with Crippen molar-refractivity contribution in [2.75, 3.05) is 11.9 Å². The van der Waals surface area contributed by atoms with Crippen molar-refractivity contribution >= 4 is 27.3 Å². The van der Waals surface area contributed by atoms with E-state index in [1.807, 2.05) is 19.1 Å². The van der Waals surface area contributed by atoms with Gasteiger partial charge >= 0.3 is 0 Å². The Morgan fingerprint density at radius 1 is 1.19 bits per heavy atom. The topological polar surface area (TPSA) is 64.4 Å². The second kappa shape index (κ2) is 7.08. The highest BCUT2D eigenvalue weighted by Gasteiger charge is 2.11. The molecule has 0 fully saturated rings. The number of halogens is 1. The number of rotatable bonds is 6. The van der Waals surface area contributed by atoms with E-state index in [0.29, 0.717) is 17.2 Å². The smallest absolute Gasteiger partial charge is 0.275 e. The molecule has 0 unspecified atom stereocenters. The van der Waals surface area contributed by atoms with Gasteiger partial charge in [-0.3, -0.25) is 10.1 Å². The van der Waals surface area contributed by atoms with E-state index in [1.54, 1.807) is 18.2 Å². The van der Waals surface area contributed by atoms with E-state index >= 15 is 0 Å². The molecule has 110 valence electrons. The number of nitrogens with zero attached hydrogens (tertiary/aromatic N) is 1. The standard InChI is InChI=1S/C15H15BrN2O3/c1-2-7-17-12-8-13(18(19)20)10-15(9-12)21-14-5-3-11(16)4-6-14/h3-6,8-10,17H,2,7H2,1H3. The van der Waals surface area contributed by atoms with E-state index in [1.165, 1.54) is 12.1 Å². The van der Waals surface area contributed by atoms with E-state index < -0.39 is 4.92 Å². The van der Waals surface area contributed by atoms with Gasteiger partial charge in [-0.25, -0.2) is 0 Å². The van der Waals surface area contributed by atoms with Crippen LogP contribution in [0.1, 0.15) is 13.3 Å². The number of hydrogen-bond acceptors (Lipinski definition) is 4. The van der Waals surface area contributed by atoms with Gasteiger partial charge in [-0.05, 0) is 30.7 Å². The average Bonchev–Trinajstić information content (AvgIpc) is 2.47. The Bertz CT molecular complexity index is 629. The van der Waals surface area contributed by atoms with Crippen LogP contribution in [0.4, 0.5) is 11.4 Å². The van der Waals surface area contributed by atoms with Crippen molar-refractivity contribution in [3.8, 4) is 11.5 Å². The van der Waals surface area contributed by atoms with Gasteiger partial charge in [0.05, 0.1) is 11.0 Å². The van der Waals surface area contributed by atoms with Crippen LogP contribution >= 0.6 is 15.9 Å². The van der Waals surface area contributed by atoms with Crippen LogP contribution in [-0.2, 0) is 0 Å². The molecule has 0 bridgehead atoms. The number of anilines is 1. The highest BCUT2D eigenvalue weighted by atomic mass is 79.9. The molecule has 21 heavy (non-hydrogen) atoms. The molecule has 1 N–H and O–H groups in total. The van der Waals surface area contributed by atoms with Gasteiger partial charge in [0.25, 0.3) is 5.69 Å². The third kappa shape index (κ3) is 4.46. The van der Waals surface area contributed by atoms with Crippen molar-refractivity contribution in [2.24, 2.45) is 0 Å². The summed E-state index contributed by atoms with van der Waals surface area (Å²) in [5, 5.41) is 14.1. The molecular weight excluding hydrogens is 336 g/mol. The minimum absolute atomic E-state index is 0.00298. The first-order valence-corrected chi connectivity index (χ1v) is 7.34. The molecule has 5 nitrogen and oxygen atoms in total. The predicted molar refractivity (Wildman–Crippen MR) is 86.1 cm³/mol. The normalized spacial score (nSPS) is 10.2. The molecule has 2 aromatic carbocycles. The van der Waals surface area contributed by atoms with Gasteiger partial charge in [0, 0.05) is 28.8 Å². The summed E-state index contributed by atoms with van der Waals surface area (Å²) in [4.78, 5) is 10.6. The van der Waals surface area contributed by atoms with Crippen molar-refractivity contribution in [2.45, 2.75) is 13.3 Å². The Balaban J connectivity index is 2.26. The fourth-order valence-electron chi connectivity index (χ4n) is 1.76. The summed E-state index contributed by atoms with van der Waals surface area (Å²) in [7, 11) is 0. The molecule has 0 aliphatic carbocycles. The number of nitro groups is 1. The Hall–Kier alpha value is -2.08. The molecule has 0 spiro atoms. The molecule has 6 heteroatoms. The minimum Gasteiger partial charge on any atom is -0.457 e. The molecule has 0 saturated carbocycles. The van der Waals surface area contributed by atoms with Crippen molar-refractivity contribution in [3.05, 3.63) is 57.1 Å². The number of nitrogens with one attached hydrogen (secondary N) is 1.